The first-order valence-electron chi connectivity index (χ1n) is 47.1. The van der Waals surface area contributed by atoms with Crippen molar-refractivity contribution in [3.8, 4) is 123 Å². The van der Waals surface area contributed by atoms with Crippen LogP contribution in [0.1, 0.15) is 0 Å². The third-order valence-electron chi connectivity index (χ3n) is 27.2. The maximum atomic E-state index is 6.51. The van der Waals surface area contributed by atoms with Gasteiger partial charge in [0.2, 0.25) is 0 Å². The Labute approximate surface area is 800 Å². The lowest BCUT2D eigenvalue weighted by atomic mass is 9.99. The number of benzene rings is 22. The Balaban J connectivity index is 0.000000146. The van der Waals surface area contributed by atoms with Crippen LogP contribution in [0.5, 0.6) is 0 Å². The molecule has 0 amide bonds. The van der Waals surface area contributed by atoms with Gasteiger partial charge in [0.05, 0.1) is 27.8 Å². The van der Waals surface area contributed by atoms with E-state index in [1.165, 1.54) is 105 Å². The first kappa shape index (κ1) is 81.6. The van der Waals surface area contributed by atoms with Crippen LogP contribution in [-0.4, -0.2) is 9.13 Å². The highest BCUT2D eigenvalue weighted by molar-refractivity contribution is 6.12. The van der Waals surface area contributed by atoms with E-state index in [0.717, 1.165) is 139 Å². The molecule has 0 unspecified atom stereocenters. The van der Waals surface area contributed by atoms with E-state index < -0.39 is 0 Å². The highest BCUT2D eigenvalue weighted by Gasteiger charge is 2.23. The van der Waals surface area contributed by atoms with E-state index in [4.69, 9.17) is 8.83 Å². The Morgan fingerprint density at radius 1 is 0.138 bits per heavy atom. The number of fused-ring (bicyclic) bond motifs is 12. The van der Waals surface area contributed by atoms with Gasteiger partial charge in [-0.2, -0.15) is 0 Å². The van der Waals surface area contributed by atoms with Crippen LogP contribution in [0.15, 0.2) is 543 Å². The monoisotopic (exact) mass is 1760 g/mol. The summed E-state index contributed by atoms with van der Waals surface area (Å²) in [7, 11) is 0. The summed E-state index contributed by atoms with van der Waals surface area (Å²) < 4.78 is 17.8. The van der Waals surface area contributed by atoms with Crippen LogP contribution < -0.4 is 9.80 Å². The summed E-state index contributed by atoms with van der Waals surface area (Å²) in [6, 6.07) is 192. The van der Waals surface area contributed by atoms with Crippen LogP contribution in [0.3, 0.4) is 0 Å². The van der Waals surface area contributed by atoms with Gasteiger partial charge >= 0.3 is 0 Å². The van der Waals surface area contributed by atoms with Crippen molar-refractivity contribution in [2.45, 2.75) is 0 Å². The normalized spacial score (nSPS) is 11.5. The van der Waals surface area contributed by atoms with Gasteiger partial charge in [0.1, 0.15) is 22.3 Å². The van der Waals surface area contributed by atoms with Crippen molar-refractivity contribution in [1.82, 2.24) is 9.13 Å². The first-order valence-corrected chi connectivity index (χ1v) is 47.1. The number of anilines is 6. The fraction of sp³-hybridized carbons (Fsp3) is 0. The van der Waals surface area contributed by atoms with Crippen molar-refractivity contribution >= 4 is 122 Å². The lowest BCUT2D eigenvalue weighted by Gasteiger charge is -2.28. The van der Waals surface area contributed by atoms with Gasteiger partial charge in [-0.25, -0.2) is 0 Å². The summed E-state index contributed by atoms with van der Waals surface area (Å²) in [6.07, 6.45) is 0. The van der Waals surface area contributed by atoms with E-state index in [0.29, 0.717) is 0 Å². The summed E-state index contributed by atoms with van der Waals surface area (Å²) in [5.74, 6) is 0. The average molecular weight is 1760 g/mol. The van der Waals surface area contributed by atoms with Crippen LogP contribution in [-0.2, 0) is 0 Å². The standard InChI is InChI=1S/2C66H44N2O/c1-3-14-45(15-4-1)52-34-40-60-61-41-35-53(44-66(61)69-65(60)43-52)49-32-38-55(39-33-49)67(62-23-10-7-20-57(62)50-16-5-2-6-17-50)54-36-30-47(31-37-54)46-26-28-48(29-27-46)51-18-13-19-56(42-51)68-63-24-11-8-21-58(63)59-22-9-12-25-64(59)68;1-3-13-45(14-4-1)51-17-11-19-57(41-51)67(56-37-31-50(32-38-56)54-34-40-62-61-39-33-53(46-15-5-2-6-16-46)43-65(61)69-66(62)44-54)55-35-29-48(30-36-55)47-25-27-49(28-26-47)52-18-12-20-58(42-52)68-63-23-9-7-21-59(63)60-22-8-10-24-64(60)68/h2*1-44H. The summed E-state index contributed by atoms with van der Waals surface area (Å²) in [6.45, 7) is 0. The van der Waals surface area contributed by atoms with Gasteiger partial charge in [0, 0.05) is 88.5 Å². The van der Waals surface area contributed by atoms with E-state index in [9.17, 15) is 0 Å². The Bertz CT molecular complexity index is 8910. The SMILES string of the molecule is c1ccc(-c2ccc3c(c2)oc2cc(-c4ccc(N(c5ccc(-c6ccc(-c7cccc(-n8c9ccccc9c9ccccc98)c7)cc6)cc5)c5ccccc5-c5ccccc5)cc4)ccc23)cc1.c1ccc(-c2cccc(N(c3ccc(-c4ccc(-c5cccc(-n6c7ccccc7c7ccccc76)c5)cc4)cc3)c3ccc(-c4ccc5c(c4)oc4cc(-c6ccccc6)ccc45)cc3)c2)cc1. The molecule has 0 N–H and O–H groups in total. The second kappa shape index (κ2) is 35.3. The molecule has 0 atom stereocenters. The summed E-state index contributed by atoms with van der Waals surface area (Å²) in [5.41, 5.74) is 40.4. The summed E-state index contributed by atoms with van der Waals surface area (Å²) in [4.78, 5) is 4.72. The molecule has 648 valence electrons. The maximum absolute atomic E-state index is 6.51. The molecular weight excluding hydrogens is 1670 g/mol. The molecule has 26 aromatic rings. The highest BCUT2D eigenvalue weighted by Crippen LogP contribution is 2.47. The lowest BCUT2D eigenvalue weighted by molar-refractivity contribution is 0.669. The molecule has 22 aromatic carbocycles. The predicted octanol–water partition coefficient (Wildman–Crippen LogP) is 37.0. The smallest absolute Gasteiger partial charge is 0.136 e. The van der Waals surface area contributed by atoms with E-state index in [2.05, 4.69) is 541 Å². The lowest BCUT2D eigenvalue weighted by Crippen LogP contribution is -2.11. The van der Waals surface area contributed by atoms with Gasteiger partial charge in [0.15, 0.2) is 0 Å². The molecule has 0 radical (unpaired) electrons. The molecule has 138 heavy (non-hydrogen) atoms. The minimum absolute atomic E-state index is 0.884. The Morgan fingerprint density at radius 3 is 0.703 bits per heavy atom. The predicted molar refractivity (Wildman–Crippen MR) is 580 cm³/mol. The fourth-order valence-electron chi connectivity index (χ4n) is 20.4. The van der Waals surface area contributed by atoms with E-state index >= 15 is 0 Å². The number of hydrogen-bond donors (Lipinski definition) is 0. The summed E-state index contributed by atoms with van der Waals surface area (Å²) in [5, 5.41) is 9.55. The number of aromatic nitrogens is 2. The molecule has 6 nitrogen and oxygen atoms in total. The van der Waals surface area contributed by atoms with E-state index in [1.54, 1.807) is 0 Å². The third kappa shape index (κ3) is 15.4. The number of rotatable bonds is 18. The molecule has 4 heterocycles. The quantitative estimate of drug-likeness (QED) is 0.0859. The third-order valence-corrected chi connectivity index (χ3v) is 27.2. The molecule has 0 bridgehead atoms. The van der Waals surface area contributed by atoms with Gasteiger partial charge in [-0.15, -0.1) is 0 Å². The second-order valence-corrected chi connectivity index (χ2v) is 35.4. The van der Waals surface area contributed by atoms with E-state index in [1.807, 2.05) is 12.1 Å². The van der Waals surface area contributed by atoms with Crippen molar-refractivity contribution in [2.75, 3.05) is 9.80 Å². The van der Waals surface area contributed by atoms with Crippen molar-refractivity contribution in [3.05, 3.63) is 534 Å². The fourth-order valence-corrected chi connectivity index (χ4v) is 20.4. The number of hydrogen-bond acceptors (Lipinski definition) is 4. The Morgan fingerprint density at radius 2 is 0.370 bits per heavy atom. The van der Waals surface area contributed by atoms with Crippen molar-refractivity contribution in [1.29, 1.82) is 0 Å². The van der Waals surface area contributed by atoms with Crippen LogP contribution in [0.25, 0.3) is 210 Å². The van der Waals surface area contributed by atoms with Crippen molar-refractivity contribution in [3.63, 3.8) is 0 Å². The van der Waals surface area contributed by atoms with Crippen molar-refractivity contribution in [2.24, 2.45) is 0 Å². The van der Waals surface area contributed by atoms with Gasteiger partial charge in [-0.05, 0) is 269 Å². The second-order valence-electron chi connectivity index (χ2n) is 35.4. The largest absolute Gasteiger partial charge is 0.456 e. The van der Waals surface area contributed by atoms with Gasteiger partial charge in [0.25, 0.3) is 0 Å². The molecule has 6 heteroatoms. The molecule has 4 aromatic heterocycles. The maximum Gasteiger partial charge on any atom is 0.136 e. The zero-order valence-corrected chi connectivity index (χ0v) is 75.4. The van der Waals surface area contributed by atoms with Gasteiger partial charge < -0.3 is 27.8 Å². The molecule has 0 aliphatic carbocycles. The number of furan rings is 2. The topological polar surface area (TPSA) is 42.6 Å². The van der Waals surface area contributed by atoms with Crippen LogP contribution in [0, 0.1) is 0 Å². The number of nitrogens with zero attached hydrogens (tertiary/aromatic N) is 4. The van der Waals surface area contributed by atoms with Gasteiger partial charge in [-0.3, -0.25) is 0 Å². The molecule has 0 fully saturated rings. The van der Waals surface area contributed by atoms with E-state index in [-0.39, 0.29) is 0 Å². The first-order chi connectivity index (χ1) is 68.4. The van der Waals surface area contributed by atoms with Crippen LogP contribution in [0.2, 0.25) is 0 Å². The van der Waals surface area contributed by atoms with Crippen LogP contribution in [0.4, 0.5) is 34.1 Å². The Hall–Kier alpha value is -18.4. The highest BCUT2D eigenvalue weighted by atomic mass is 16.3. The molecule has 0 aliphatic heterocycles. The minimum atomic E-state index is 0.884. The molecule has 0 spiro atoms. The average Bonchev–Trinajstić information content (AvgIpc) is 1.61. The number of para-hydroxylation sites is 5. The van der Waals surface area contributed by atoms with Crippen molar-refractivity contribution < 1.29 is 8.83 Å². The molecule has 0 saturated carbocycles. The zero-order valence-electron chi connectivity index (χ0n) is 75.4. The van der Waals surface area contributed by atoms with Crippen LogP contribution >= 0.6 is 0 Å². The molecular formula is C132H88N4O2. The summed E-state index contributed by atoms with van der Waals surface area (Å²) >= 11 is 0. The van der Waals surface area contributed by atoms with Gasteiger partial charge in [-0.1, -0.05) is 370 Å². The minimum Gasteiger partial charge on any atom is -0.456 e. The molecule has 26 rings (SSSR count). The zero-order chi connectivity index (χ0) is 91.4. The molecule has 0 saturated heterocycles. The Kier molecular flexibility index (Phi) is 20.9. The molecule has 0 aliphatic rings.